The summed E-state index contributed by atoms with van der Waals surface area (Å²) >= 11 is 0. The Morgan fingerprint density at radius 2 is 1.26 bits per heavy atom. The number of alkyl carbamates (subject to hydrolysis) is 1. The first-order chi connectivity index (χ1) is 25.2. The number of amides is 4. The van der Waals surface area contributed by atoms with Gasteiger partial charge in [0.25, 0.3) is 0 Å². The number of rotatable bonds is 18. The molecular formula is C39H54N4O10. The first-order valence-corrected chi connectivity index (χ1v) is 18.1. The second-order valence-electron chi connectivity index (χ2n) is 14.1. The maximum atomic E-state index is 13.4. The molecule has 0 unspecified atom stereocenters. The van der Waals surface area contributed by atoms with Crippen molar-refractivity contribution in [3.8, 4) is 0 Å². The van der Waals surface area contributed by atoms with E-state index in [0.717, 1.165) is 43.2 Å². The molecule has 0 spiro atoms. The van der Waals surface area contributed by atoms with Gasteiger partial charge < -0.3 is 40.2 Å². The normalized spacial score (nSPS) is 15.4. The third kappa shape index (κ3) is 16.5. The third-order valence-electron chi connectivity index (χ3n) is 8.21. The minimum Gasteiger partial charge on any atom is -0.462 e. The summed E-state index contributed by atoms with van der Waals surface area (Å²) < 4.78 is 22.0. The van der Waals surface area contributed by atoms with Crippen molar-refractivity contribution in [2.45, 2.75) is 129 Å². The van der Waals surface area contributed by atoms with Crippen LogP contribution in [0.4, 0.5) is 4.79 Å². The minimum atomic E-state index is -1.27. The van der Waals surface area contributed by atoms with Crippen molar-refractivity contribution in [2.75, 3.05) is 6.61 Å². The number of carbonyl (C=O) groups is 6. The molecule has 2 aromatic carbocycles. The molecule has 0 aromatic heterocycles. The Hall–Kier alpha value is -4.98. The van der Waals surface area contributed by atoms with Crippen molar-refractivity contribution in [1.82, 2.24) is 21.3 Å². The second kappa shape index (κ2) is 21.5. The molecule has 14 nitrogen and oxygen atoms in total. The van der Waals surface area contributed by atoms with Gasteiger partial charge in [-0.2, -0.15) is 0 Å². The maximum absolute atomic E-state index is 13.4. The molecule has 4 amide bonds. The summed E-state index contributed by atoms with van der Waals surface area (Å²) in [5, 5.41) is 10.2. The summed E-state index contributed by atoms with van der Waals surface area (Å²) in [6.07, 6.45) is 3.21. The molecule has 1 aliphatic rings. The topological polar surface area (TPSA) is 187 Å². The molecular weight excluding hydrogens is 684 g/mol. The molecule has 0 aliphatic heterocycles. The van der Waals surface area contributed by atoms with Crippen LogP contribution in [0.2, 0.25) is 0 Å². The van der Waals surface area contributed by atoms with Crippen molar-refractivity contribution < 1.29 is 47.7 Å². The molecule has 0 radical (unpaired) electrons. The van der Waals surface area contributed by atoms with Crippen LogP contribution in [-0.4, -0.2) is 78.2 Å². The Bertz CT molecular complexity index is 1490. The van der Waals surface area contributed by atoms with Crippen LogP contribution < -0.4 is 21.3 Å². The van der Waals surface area contributed by atoms with E-state index in [9.17, 15) is 28.8 Å². The number of benzene rings is 2. The van der Waals surface area contributed by atoms with Crippen molar-refractivity contribution in [1.29, 1.82) is 0 Å². The molecule has 53 heavy (non-hydrogen) atoms. The fourth-order valence-corrected chi connectivity index (χ4v) is 5.36. The summed E-state index contributed by atoms with van der Waals surface area (Å²) in [4.78, 5) is 78.2. The Morgan fingerprint density at radius 1 is 0.698 bits per heavy atom. The maximum Gasteiger partial charge on any atom is 0.408 e. The van der Waals surface area contributed by atoms with Gasteiger partial charge in [-0.3, -0.25) is 19.2 Å². The van der Waals surface area contributed by atoms with E-state index in [1.807, 2.05) is 48.5 Å². The zero-order valence-electron chi connectivity index (χ0n) is 31.3. The average Bonchev–Trinajstić information content (AvgIpc) is 3.12. The lowest BCUT2D eigenvalue weighted by Crippen LogP contribution is -2.57. The third-order valence-corrected chi connectivity index (χ3v) is 8.21. The van der Waals surface area contributed by atoms with Gasteiger partial charge in [-0.15, -0.1) is 0 Å². The highest BCUT2D eigenvalue weighted by Gasteiger charge is 2.31. The first-order valence-electron chi connectivity index (χ1n) is 18.1. The zero-order valence-corrected chi connectivity index (χ0v) is 31.3. The van der Waals surface area contributed by atoms with Crippen LogP contribution in [0.25, 0.3) is 0 Å². The molecule has 4 atom stereocenters. The highest BCUT2D eigenvalue weighted by atomic mass is 16.6. The van der Waals surface area contributed by atoms with Crippen molar-refractivity contribution in [3.63, 3.8) is 0 Å². The molecule has 1 fully saturated rings. The summed E-state index contributed by atoms with van der Waals surface area (Å²) in [6, 6.07) is 13.5. The molecule has 0 heterocycles. The minimum absolute atomic E-state index is 0.00530. The predicted molar refractivity (Wildman–Crippen MR) is 195 cm³/mol. The number of nitrogens with one attached hydrogen (secondary N) is 4. The fraction of sp³-hybridized carbons (Fsp3) is 0.538. The zero-order chi connectivity index (χ0) is 38.8. The van der Waals surface area contributed by atoms with E-state index >= 15 is 0 Å². The van der Waals surface area contributed by atoms with Gasteiger partial charge in [0.1, 0.15) is 42.5 Å². The smallest absolute Gasteiger partial charge is 0.408 e. The monoisotopic (exact) mass is 738 g/mol. The SMILES string of the molecule is C[C@@H](NC(=O)[C@H](COCc1ccccc1)NC(=O)OC(C)(C)C)C(=O)N[C@@H](CCC(=O)OC1CCCCC1)C(=O)N[C@H](C)C(=O)OCc1ccccc1. The van der Waals surface area contributed by atoms with E-state index in [0.29, 0.717) is 0 Å². The Morgan fingerprint density at radius 3 is 1.87 bits per heavy atom. The molecule has 14 heteroatoms. The second-order valence-corrected chi connectivity index (χ2v) is 14.1. The quantitative estimate of drug-likeness (QED) is 0.129. The van der Waals surface area contributed by atoms with E-state index in [4.69, 9.17) is 18.9 Å². The average molecular weight is 739 g/mol. The van der Waals surface area contributed by atoms with E-state index in [-0.39, 0.29) is 38.8 Å². The van der Waals surface area contributed by atoms with Crippen LogP contribution in [0, 0.1) is 0 Å². The van der Waals surface area contributed by atoms with Crippen LogP contribution >= 0.6 is 0 Å². The summed E-state index contributed by atoms with van der Waals surface area (Å²) in [5.41, 5.74) is 0.781. The van der Waals surface area contributed by atoms with E-state index in [2.05, 4.69) is 21.3 Å². The number of hydrogen-bond acceptors (Lipinski definition) is 10. The molecule has 0 bridgehead atoms. The number of esters is 2. The molecule has 290 valence electrons. The molecule has 2 aromatic rings. The molecule has 1 aliphatic carbocycles. The number of hydrogen-bond donors (Lipinski definition) is 4. The Kier molecular flexibility index (Phi) is 17.2. The summed E-state index contributed by atoms with van der Waals surface area (Å²) in [6.45, 7) is 7.81. The van der Waals surface area contributed by atoms with E-state index < -0.39 is 65.5 Å². The van der Waals surface area contributed by atoms with Gasteiger partial charge in [-0.25, -0.2) is 9.59 Å². The van der Waals surface area contributed by atoms with Gasteiger partial charge in [0.05, 0.1) is 13.2 Å². The van der Waals surface area contributed by atoms with Crippen LogP contribution in [0.1, 0.15) is 90.7 Å². The van der Waals surface area contributed by atoms with Crippen LogP contribution in [0.15, 0.2) is 60.7 Å². The van der Waals surface area contributed by atoms with Crippen LogP contribution in [0.3, 0.4) is 0 Å². The van der Waals surface area contributed by atoms with E-state index in [1.165, 1.54) is 13.8 Å². The molecule has 3 rings (SSSR count). The van der Waals surface area contributed by atoms with E-state index in [1.54, 1.807) is 32.9 Å². The standard InChI is InChI=1S/C39H54N4O10/c1-26(40-36(47)32(43-38(49)53-39(3,4)5)25-50-23-28-15-9-6-10-16-28)34(45)42-31(21-22-33(44)52-30-19-13-8-14-20-30)35(46)41-27(2)37(48)51-24-29-17-11-7-12-18-29/h6-7,9-12,15-18,26-27,30-32H,8,13-14,19-25H2,1-5H3,(H,40,47)(H,41,46)(H,42,45)(H,43,49)/t26-,27-,31+,32+/m1/s1. The summed E-state index contributed by atoms with van der Waals surface area (Å²) in [5.74, 6) is -3.42. The Balaban J connectivity index is 1.65. The van der Waals surface area contributed by atoms with Crippen LogP contribution in [-0.2, 0) is 56.1 Å². The van der Waals surface area contributed by atoms with Crippen LogP contribution in [0.5, 0.6) is 0 Å². The lowest BCUT2D eigenvalue weighted by atomic mass is 9.98. The lowest BCUT2D eigenvalue weighted by molar-refractivity contribution is -0.151. The lowest BCUT2D eigenvalue weighted by Gasteiger charge is -2.26. The van der Waals surface area contributed by atoms with Gasteiger partial charge in [0.15, 0.2) is 0 Å². The van der Waals surface area contributed by atoms with Gasteiger partial charge in [0.2, 0.25) is 17.7 Å². The number of ether oxygens (including phenoxy) is 4. The Labute approximate surface area is 311 Å². The van der Waals surface area contributed by atoms with Gasteiger partial charge >= 0.3 is 18.0 Å². The molecule has 4 N–H and O–H groups in total. The van der Waals surface area contributed by atoms with Crippen molar-refractivity contribution in [2.24, 2.45) is 0 Å². The predicted octanol–water partition coefficient (Wildman–Crippen LogP) is 3.99. The van der Waals surface area contributed by atoms with Gasteiger partial charge in [0, 0.05) is 6.42 Å². The highest BCUT2D eigenvalue weighted by Crippen LogP contribution is 2.21. The summed E-state index contributed by atoms with van der Waals surface area (Å²) in [7, 11) is 0. The van der Waals surface area contributed by atoms with Crippen molar-refractivity contribution in [3.05, 3.63) is 71.8 Å². The largest absolute Gasteiger partial charge is 0.462 e. The van der Waals surface area contributed by atoms with Crippen molar-refractivity contribution >= 4 is 35.8 Å². The fourth-order valence-electron chi connectivity index (χ4n) is 5.36. The van der Waals surface area contributed by atoms with Gasteiger partial charge in [-0.1, -0.05) is 67.1 Å². The highest BCUT2D eigenvalue weighted by molar-refractivity contribution is 5.94. The molecule has 0 saturated heterocycles. The molecule has 1 saturated carbocycles. The first kappa shape index (κ1) is 42.4. The van der Waals surface area contributed by atoms with Gasteiger partial charge in [-0.05, 0) is 77.8 Å². The number of carbonyl (C=O) groups excluding carboxylic acids is 6.